The molecule has 1 spiro atoms. The highest BCUT2D eigenvalue weighted by atomic mass is 32.1. The molecule has 2 aromatic heterocycles. The normalized spacial score (nSPS) is 23.3. The molecule has 0 N–H and O–H groups in total. The Morgan fingerprint density at radius 3 is 2.70 bits per heavy atom. The maximum absolute atomic E-state index is 5.56. The lowest BCUT2D eigenvalue weighted by atomic mass is 9.76. The van der Waals surface area contributed by atoms with Crippen molar-refractivity contribution in [3.63, 3.8) is 0 Å². The molecule has 146 valence electrons. The van der Waals surface area contributed by atoms with Crippen LogP contribution >= 0.6 is 11.3 Å². The van der Waals surface area contributed by atoms with Crippen LogP contribution < -0.4 is 0 Å². The first-order valence-electron chi connectivity index (χ1n) is 10.1. The van der Waals surface area contributed by atoms with Crippen LogP contribution in [0, 0.1) is 12.3 Å². The van der Waals surface area contributed by atoms with Gasteiger partial charge in [0.05, 0.1) is 12.3 Å². The number of thiophene rings is 1. The van der Waals surface area contributed by atoms with E-state index >= 15 is 0 Å². The lowest BCUT2D eigenvalue weighted by Crippen LogP contribution is -2.41. The molecule has 2 aliphatic rings. The third kappa shape index (κ3) is 4.60. The van der Waals surface area contributed by atoms with E-state index in [4.69, 9.17) is 4.74 Å². The second-order valence-electron chi connectivity index (χ2n) is 8.33. The molecule has 4 nitrogen and oxygen atoms in total. The number of rotatable bonds is 6. The molecule has 2 aromatic rings. The second kappa shape index (κ2) is 8.39. The average Bonchev–Trinajstić information content (AvgIpc) is 3.22. The smallest absolute Gasteiger partial charge is 0.0618 e. The summed E-state index contributed by atoms with van der Waals surface area (Å²) in [6.07, 6.45) is 5.77. The molecule has 0 aromatic carbocycles. The summed E-state index contributed by atoms with van der Waals surface area (Å²) in [6, 6.07) is 11.3. The molecule has 1 atom stereocenters. The van der Waals surface area contributed by atoms with Crippen LogP contribution in [-0.4, -0.2) is 54.2 Å². The zero-order chi connectivity index (χ0) is 18.7. The number of ether oxygens (including phenoxy) is 1. The van der Waals surface area contributed by atoms with Crippen molar-refractivity contribution in [2.75, 3.05) is 33.4 Å². The van der Waals surface area contributed by atoms with E-state index in [9.17, 15) is 0 Å². The van der Waals surface area contributed by atoms with E-state index < -0.39 is 0 Å². The predicted octanol–water partition coefficient (Wildman–Crippen LogP) is 3.95. The molecule has 5 heteroatoms. The van der Waals surface area contributed by atoms with E-state index in [-0.39, 0.29) is 0 Å². The summed E-state index contributed by atoms with van der Waals surface area (Å²) in [4.78, 5) is 12.7. The van der Waals surface area contributed by atoms with Crippen LogP contribution in [0.1, 0.15) is 34.7 Å². The van der Waals surface area contributed by atoms with Gasteiger partial charge in [0.1, 0.15) is 0 Å². The van der Waals surface area contributed by atoms with Gasteiger partial charge >= 0.3 is 0 Å². The minimum Gasteiger partial charge on any atom is -0.383 e. The Hall–Kier alpha value is -1.27. The number of hydrogen-bond acceptors (Lipinski definition) is 5. The fraction of sp³-hybridized carbons (Fsp3) is 0.591. The summed E-state index contributed by atoms with van der Waals surface area (Å²) >= 11 is 1.94. The number of aryl methyl sites for hydroxylation is 1. The molecule has 2 saturated heterocycles. The van der Waals surface area contributed by atoms with Gasteiger partial charge in [-0.3, -0.25) is 14.8 Å². The first-order valence-corrected chi connectivity index (χ1v) is 10.9. The summed E-state index contributed by atoms with van der Waals surface area (Å²) in [7, 11) is 1.83. The third-order valence-corrected chi connectivity index (χ3v) is 7.25. The molecule has 4 rings (SSSR count). The molecular weight excluding hydrogens is 354 g/mol. The quantitative estimate of drug-likeness (QED) is 0.753. The molecule has 4 heterocycles. The summed E-state index contributed by atoms with van der Waals surface area (Å²) in [5, 5.41) is 0. The van der Waals surface area contributed by atoms with E-state index in [1.807, 2.05) is 30.7 Å². The van der Waals surface area contributed by atoms with Gasteiger partial charge in [-0.1, -0.05) is 6.07 Å². The topological polar surface area (TPSA) is 28.6 Å². The van der Waals surface area contributed by atoms with Crippen molar-refractivity contribution in [1.29, 1.82) is 0 Å². The molecule has 27 heavy (non-hydrogen) atoms. The SMILES string of the molecule is COCC1CC2(CCN(Cc3ccc(C)s3)CC2)CN1Cc1ccccn1. The van der Waals surface area contributed by atoms with Crippen LogP contribution in [-0.2, 0) is 17.8 Å². The van der Waals surface area contributed by atoms with Crippen molar-refractivity contribution in [2.45, 2.75) is 45.3 Å². The van der Waals surface area contributed by atoms with Gasteiger partial charge in [0.2, 0.25) is 0 Å². The van der Waals surface area contributed by atoms with Crippen molar-refractivity contribution < 1.29 is 4.74 Å². The number of aromatic nitrogens is 1. The van der Waals surface area contributed by atoms with Crippen molar-refractivity contribution in [3.05, 3.63) is 52.0 Å². The van der Waals surface area contributed by atoms with Crippen molar-refractivity contribution in [2.24, 2.45) is 5.41 Å². The Bertz CT molecular complexity index is 724. The number of piperidine rings is 1. The zero-order valence-corrected chi connectivity index (χ0v) is 17.4. The van der Waals surface area contributed by atoms with E-state index in [2.05, 4.69) is 46.0 Å². The third-order valence-electron chi connectivity index (χ3n) is 6.27. The molecule has 1 unspecified atom stereocenters. The summed E-state index contributed by atoms with van der Waals surface area (Å²) in [6.45, 7) is 8.70. The maximum atomic E-state index is 5.56. The van der Waals surface area contributed by atoms with Crippen molar-refractivity contribution in [3.8, 4) is 0 Å². The Balaban J connectivity index is 1.37. The number of nitrogens with zero attached hydrogens (tertiary/aromatic N) is 3. The number of pyridine rings is 1. The van der Waals surface area contributed by atoms with Gasteiger partial charge in [-0.15, -0.1) is 11.3 Å². The maximum Gasteiger partial charge on any atom is 0.0618 e. The molecule has 0 amide bonds. The molecular formula is C22H31N3OS. The predicted molar refractivity (Wildman–Crippen MR) is 111 cm³/mol. The fourth-order valence-electron chi connectivity index (χ4n) is 4.83. The minimum atomic E-state index is 0.458. The van der Waals surface area contributed by atoms with Crippen LogP contribution in [0.15, 0.2) is 36.5 Å². The van der Waals surface area contributed by atoms with Gasteiger partial charge in [-0.05, 0) is 69.0 Å². The summed E-state index contributed by atoms with van der Waals surface area (Å²) in [5.41, 5.74) is 1.63. The number of methoxy groups -OCH3 is 1. The largest absolute Gasteiger partial charge is 0.383 e. The highest BCUT2D eigenvalue weighted by molar-refractivity contribution is 7.11. The van der Waals surface area contributed by atoms with Gasteiger partial charge in [0.15, 0.2) is 0 Å². The Morgan fingerprint density at radius 2 is 2.04 bits per heavy atom. The van der Waals surface area contributed by atoms with E-state index in [0.717, 1.165) is 19.7 Å². The van der Waals surface area contributed by atoms with Crippen LogP contribution in [0.5, 0.6) is 0 Å². The first kappa shape index (κ1) is 19.1. The van der Waals surface area contributed by atoms with Gasteiger partial charge in [-0.25, -0.2) is 0 Å². The fourth-order valence-corrected chi connectivity index (χ4v) is 5.77. The van der Waals surface area contributed by atoms with Crippen molar-refractivity contribution >= 4 is 11.3 Å². The Labute approximate surface area is 167 Å². The van der Waals surface area contributed by atoms with Crippen molar-refractivity contribution in [1.82, 2.24) is 14.8 Å². The minimum absolute atomic E-state index is 0.458. The molecule has 2 aliphatic heterocycles. The molecule has 2 fully saturated rings. The highest BCUT2D eigenvalue weighted by Crippen LogP contribution is 2.44. The zero-order valence-electron chi connectivity index (χ0n) is 16.6. The van der Waals surface area contributed by atoms with E-state index in [0.29, 0.717) is 11.5 Å². The van der Waals surface area contributed by atoms with Gasteiger partial charge < -0.3 is 4.74 Å². The van der Waals surface area contributed by atoms with Crippen LogP contribution in [0.3, 0.4) is 0 Å². The van der Waals surface area contributed by atoms with Crippen LogP contribution in [0.25, 0.3) is 0 Å². The standard InChI is InChI=1S/C22H31N3OS/c1-18-6-7-21(27-18)15-24-11-8-22(9-12-24)13-20(16-26-2)25(17-22)14-19-5-3-4-10-23-19/h3-7,10,20H,8-9,11-17H2,1-2H3. The first-order chi connectivity index (χ1) is 13.2. The van der Waals surface area contributed by atoms with Gasteiger partial charge in [0, 0.05) is 48.7 Å². The molecule has 0 aliphatic carbocycles. The van der Waals surface area contributed by atoms with Gasteiger partial charge in [0.25, 0.3) is 0 Å². The summed E-state index contributed by atoms with van der Waals surface area (Å²) in [5.74, 6) is 0. The second-order valence-corrected chi connectivity index (χ2v) is 9.70. The molecule has 0 bridgehead atoms. The van der Waals surface area contributed by atoms with Crippen LogP contribution in [0.2, 0.25) is 0 Å². The van der Waals surface area contributed by atoms with Gasteiger partial charge in [-0.2, -0.15) is 0 Å². The molecule has 0 radical (unpaired) electrons. The number of hydrogen-bond donors (Lipinski definition) is 0. The van der Waals surface area contributed by atoms with E-state index in [1.165, 1.54) is 54.3 Å². The summed E-state index contributed by atoms with van der Waals surface area (Å²) < 4.78 is 5.56. The molecule has 0 saturated carbocycles. The Kier molecular flexibility index (Phi) is 5.93. The lowest BCUT2D eigenvalue weighted by molar-refractivity contribution is 0.102. The average molecular weight is 386 g/mol. The highest BCUT2D eigenvalue weighted by Gasteiger charge is 2.45. The Morgan fingerprint density at radius 1 is 1.19 bits per heavy atom. The van der Waals surface area contributed by atoms with Crippen LogP contribution in [0.4, 0.5) is 0 Å². The number of likely N-dealkylation sites (tertiary alicyclic amines) is 2. The monoisotopic (exact) mass is 385 g/mol. The lowest BCUT2D eigenvalue weighted by Gasteiger charge is -2.39. The van der Waals surface area contributed by atoms with E-state index in [1.54, 1.807) is 0 Å².